The van der Waals surface area contributed by atoms with Crippen LogP contribution in [0.4, 0.5) is 0 Å². The summed E-state index contributed by atoms with van der Waals surface area (Å²) in [7, 11) is 0. The highest BCUT2D eigenvalue weighted by atomic mass is 32.2. The van der Waals surface area contributed by atoms with Crippen LogP contribution in [0.1, 0.15) is 45.7 Å². The summed E-state index contributed by atoms with van der Waals surface area (Å²) in [5, 5.41) is 10.9. The first kappa shape index (κ1) is 15.0. The van der Waals surface area contributed by atoms with E-state index in [4.69, 9.17) is 0 Å². The molecule has 0 unspecified atom stereocenters. The van der Waals surface area contributed by atoms with Gasteiger partial charge in [-0.25, -0.2) is 0 Å². The quantitative estimate of drug-likeness (QED) is 0.824. The maximum absolute atomic E-state index is 11.5. The van der Waals surface area contributed by atoms with E-state index in [1.165, 1.54) is 11.9 Å². The normalized spacial score (nSPS) is 11.2. The smallest absolute Gasteiger partial charge is 0.231 e. The molecule has 18 heavy (non-hydrogen) atoms. The van der Waals surface area contributed by atoms with Gasteiger partial charge in [0.2, 0.25) is 5.91 Å². The van der Waals surface area contributed by atoms with Gasteiger partial charge in [-0.2, -0.15) is 4.09 Å². The molecule has 0 spiro atoms. The number of nitrogens with zero attached hydrogens (tertiary/aromatic N) is 3. The van der Waals surface area contributed by atoms with Gasteiger partial charge in [0.25, 0.3) is 0 Å². The number of hydrogen-bond donors (Lipinski definition) is 1. The molecule has 1 rings (SSSR count). The Kier molecular flexibility index (Phi) is 6.18. The van der Waals surface area contributed by atoms with Crippen LogP contribution in [0.2, 0.25) is 0 Å². The molecular formula is C12H22N4OS. The lowest BCUT2D eigenvalue weighted by Crippen LogP contribution is -2.27. The molecule has 0 radical (unpaired) electrons. The summed E-state index contributed by atoms with van der Waals surface area (Å²) in [5.41, 5.74) is 0.947. The van der Waals surface area contributed by atoms with Crippen molar-refractivity contribution in [2.24, 2.45) is 5.92 Å². The van der Waals surface area contributed by atoms with Crippen LogP contribution >= 0.6 is 11.9 Å². The van der Waals surface area contributed by atoms with Crippen LogP contribution in [-0.4, -0.2) is 32.6 Å². The van der Waals surface area contributed by atoms with E-state index < -0.39 is 0 Å². The summed E-state index contributed by atoms with van der Waals surface area (Å²) in [5.74, 6) is 1.39. The van der Waals surface area contributed by atoms with Crippen molar-refractivity contribution in [1.82, 2.24) is 19.7 Å². The zero-order chi connectivity index (χ0) is 13.5. The molecule has 0 atom stereocenters. The van der Waals surface area contributed by atoms with Gasteiger partial charge < -0.3 is 5.32 Å². The van der Waals surface area contributed by atoms with Crippen molar-refractivity contribution in [3.8, 4) is 0 Å². The van der Waals surface area contributed by atoms with Crippen LogP contribution in [0.3, 0.4) is 0 Å². The topological polar surface area (TPSA) is 59.8 Å². The second-order valence-corrected chi connectivity index (χ2v) is 5.93. The number of carbonyl (C=O) groups is 1. The Morgan fingerprint density at radius 2 is 2.17 bits per heavy atom. The summed E-state index contributed by atoms with van der Waals surface area (Å²) in [4.78, 5) is 11.5. The largest absolute Gasteiger partial charge is 0.355 e. The number of amides is 1. The Labute approximate surface area is 113 Å². The summed E-state index contributed by atoms with van der Waals surface area (Å²) in [6, 6.07) is 0. The van der Waals surface area contributed by atoms with Gasteiger partial charge in [0.05, 0.1) is 17.6 Å². The van der Waals surface area contributed by atoms with Crippen molar-refractivity contribution in [2.75, 3.05) is 12.3 Å². The highest BCUT2D eigenvalue weighted by Gasteiger charge is 2.07. The molecular weight excluding hydrogens is 248 g/mol. The summed E-state index contributed by atoms with van der Waals surface area (Å²) in [6.45, 7) is 9.16. The van der Waals surface area contributed by atoms with Crippen LogP contribution in [0.5, 0.6) is 0 Å². The Bertz CT molecular complexity index is 376. The van der Waals surface area contributed by atoms with Crippen molar-refractivity contribution in [1.29, 1.82) is 0 Å². The predicted octanol–water partition coefficient (Wildman–Crippen LogP) is 2.06. The molecule has 6 heteroatoms. The molecule has 5 nitrogen and oxygen atoms in total. The molecule has 0 aliphatic rings. The molecule has 1 aromatic heterocycles. The Morgan fingerprint density at radius 3 is 2.72 bits per heavy atom. The number of aromatic nitrogens is 3. The number of rotatable bonds is 7. The van der Waals surface area contributed by atoms with Crippen LogP contribution in [-0.2, 0) is 4.79 Å². The molecule has 0 aliphatic heterocycles. The fourth-order valence-electron chi connectivity index (χ4n) is 1.26. The molecule has 0 aliphatic carbocycles. The van der Waals surface area contributed by atoms with Crippen molar-refractivity contribution in [3.63, 3.8) is 0 Å². The van der Waals surface area contributed by atoms with Gasteiger partial charge in [0, 0.05) is 6.54 Å². The van der Waals surface area contributed by atoms with Crippen LogP contribution < -0.4 is 5.32 Å². The minimum Gasteiger partial charge on any atom is -0.355 e. The lowest BCUT2D eigenvalue weighted by atomic mass is 10.1. The Hall–Kier alpha value is -1.04. The van der Waals surface area contributed by atoms with Crippen molar-refractivity contribution < 1.29 is 4.79 Å². The monoisotopic (exact) mass is 270 g/mol. The minimum atomic E-state index is 0.0437. The van der Waals surface area contributed by atoms with Gasteiger partial charge in [0.1, 0.15) is 0 Å². The molecule has 1 N–H and O–H groups in total. The van der Waals surface area contributed by atoms with Gasteiger partial charge in [-0.05, 0) is 30.2 Å². The molecule has 0 aromatic carbocycles. The third-order valence-electron chi connectivity index (χ3n) is 2.45. The second-order valence-electron chi connectivity index (χ2n) is 5.01. The van der Waals surface area contributed by atoms with Crippen LogP contribution in [0.15, 0.2) is 6.20 Å². The average Bonchev–Trinajstić information content (AvgIpc) is 2.74. The Balaban J connectivity index is 2.25. The molecule has 1 aromatic rings. The van der Waals surface area contributed by atoms with Gasteiger partial charge in [0.15, 0.2) is 0 Å². The number of nitrogens with one attached hydrogen (secondary N) is 1. The first-order valence-electron chi connectivity index (χ1n) is 6.31. The highest BCUT2D eigenvalue weighted by molar-refractivity contribution is 7.98. The van der Waals surface area contributed by atoms with E-state index >= 15 is 0 Å². The summed E-state index contributed by atoms with van der Waals surface area (Å²) < 4.78 is 1.65. The third-order valence-corrected chi connectivity index (χ3v) is 3.29. The summed E-state index contributed by atoms with van der Waals surface area (Å²) >= 11 is 1.36. The first-order valence-corrected chi connectivity index (χ1v) is 7.25. The number of hydrogen-bond acceptors (Lipinski definition) is 4. The third kappa shape index (κ3) is 5.53. The lowest BCUT2D eigenvalue weighted by molar-refractivity contribution is -0.118. The maximum Gasteiger partial charge on any atom is 0.231 e. The van der Waals surface area contributed by atoms with Crippen LogP contribution in [0, 0.1) is 5.92 Å². The maximum atomic E-state index is 11.5. The molecule has 1 amide bonds. The molecule has 1 heterocycles. The fourth-order valence-corrected chi connectivity index (χ4v) is 1.89. The molecule has 102 valence electrons. The number of carbonyl (C=O) groups excluding carboxylic acids is 1. The minimum absolute atomic E-state index is 0.0437. The van der Waals surface area contributed by atoms with Gasteiger partial charge in [-0.3, -0.25) is 4.79 Å². The zero-order valence-electron chi connectivity index (χ0n) is 11.5. The second kappa shape index (κ2) is 7.41. The van der Waals surface area contributed by atoms with E-state index in [9.17, 15) is 4.79 Å². The first-order chi connectivity index (χ1) is 8.49. The fraction of sp³-hybridized carbons (Fsp3) is 0.750. The van der Waals surface area contributed by atoms with Crippen LogP contribution in [0.25, 0.3) is 0 Å². The van der Waals surface area contributed by atoms with Crippen molar-refractivity contribution in [2.45, 2.75) is 40.0 Å². The summed E-state index contributed by atoms with van der Waals surface area (Å²) in [6.07, 6.45) is 2.88. The van der Waals surface area contributed by atoms with Gasteiger partial charge >= 0.3 is 0 Å². The standard InChI is InChI=1S/C12H22N4OS/c1-9(2)5-6-13-12(17)8-18-16-7-11(10(3)4)14-15-16/h7,9-10H,5-6,8H2,1-4H3,(H,13,17). The predicted molar refractivity (Wildman–Crippen MR) is 74.4 cm³/mol. The molecule has 0 saturated heterocycles. The van der Waals surface area contributed by atoms with E-state index in [1.807, 2.05) is 6.20 Å². The molecule has 0 saturated carbocycles. The van der Waals surface area contributed by atoms with E-state index in [-0.39, 0.29) is 5.91 Å². The molecule has 0 fully saturated rings. The van der Waals surface area contributed by atoms with Gasteiger partial charge in [-0.15, -0.1) is 5.10 Å². The zero-order valence-corrected chi connectivity index (χ0v) is 12.3. The SMILES string of the molecule is CC(C)CCNC(=O)CSn1cc(C(C)C)nn1. The van der Waals surface area contributed by atoms with Gasteiger partial charge in [-0.1, -0.05) is 32.9 Å². The van der Waals surface area contributed by atoms with Crippen molar-refractivity contribution in [3.05, 3.63) is 11.9 Å². The van der Waals surface area contributed by atoms with E-state index in [2.05, 4.69) is 43.3 Å². The average molecular weight is 270 g/mol. The highest BCUT2D eigenvalue weighted by Crippen LogP contribution is 2.12. The van der Waals surface area contributed by atoms with Crippen molar-refractivity contribution >= 4 is 17.9 Å². The van der Waals surface area contributed by atoms with E-state index in [0.29, 0.717) is 17.6 Å². The molecule has 0 bridgehead atoms. The lowest BCUT2D eigenvalue weighted by Gasteiger charge is -2.06. The van der Waals surface area contributed by atoms with E-state index in [0.717, 1.165) is 18.7 Å². The Morgan fingerprint density at radius 1 is 1.44 bits per heavy atom. The van der Waals surface area contributed by atoms with E-state index in [1.54, 1.807) is 4.09 Å².